The van der Waals surface area contributed by atoms with Crippen LogP contribution in [0.25, 0.3) is 10.8 Å². The molecule has 0 radical (unpaired) electrons. The third-order valence-electron chi connectivity index (χ3n) is 4.07. The monoisotopic (exact) mass is 363 g/mol. The molecule has 0 aromatic heterocycles. The molecular weight excluding hydrogens is 342 g/mol. The van der Waals surface area contributed by atoms with Gasteiger partial charge in [0.15, 0.2) is 6.61 Å². The lowest BCUT2D eigenvalue weighted by Gasteiger charge is -2.09. The van der Waals surface area contributed by atoms with Crippen LogP contribution in [0.1, 0.15) is 22.8 Å². The molecule has 0 aliphatic rings. The highest BCUT2D eigenvalue weighted by Crippen LogP contribution is 2.18. The molecule has 138 valence electrons. The van der Waals surface area contributed by atoms with Gasteiger partial charge in [0.25, 0.3) is 5.91 Å². The minimum atomic E-state index is -0.399. The van der Waals surface area contributed by atoms with Crippen LogP contribution in [0, 0.1) is 0 Å². The van der Waals surface area contributed by atoms with E-state index in [2.05, 4.69) is 5.32 Å². The lowest BCUT2D eigenvalue weighted by atomic mass is 10.0. The number of carbonyl (C=O) groups is 2. The van der Waals surface area contributed by atoms with Gasteiger partial charge in [-0.05, 0) is 41.5 Å². The first-order valence-electron chi connectivity index (χ1n) is 8.80. The normalized spacial score (nSPS) is 10.4. The van der Waals surface area contributed by atoms with E-state index in [9.17, 15) is 9.59 Å². The van der Waals surface area contributed by atoms with Gasteiger partial charge in [-0.25, -0.2) is 4.79 Å². The smallest absolute Gasteiger partial charge is 0.344 e. The predicted molar refractivity (Wildman–Crippen MR) is 104 cm³/mol. The molecule has 1 amide bonds. The molecular formula is C22H21NO4. The van der Waals surface area contributed by atoms with Gasteiger partial charge in [-0.2, -0.15) is 0 Å². The van der Waals surface area contributed by atoms with Crippen LogP contribution in [0.3, 0.4) is 0 Å². The van der Waals surface area contributed by atoms with Crippen LogP contribution < -0.4 is 10.1 Å². The summed E-state index contributed by atoms with van der Waals surface area (Å²) in [5.74, 6) is 0.0607. The van der Waals surface area contributed by atoms with Crippen molar-refractivity contribution in [3.63, 3.8) is 0 Å². The van der Waals surface area contributed by atoms with Gasteiger partial charge in [0.2, 0.25) is 0 Å². The summed E-state index contributed by atoms with van der Waals surface area (Å²) in [5, 5.41) is 4.91. The second kappa shape index (κ2) is 8.85. The average molecular weight is 363 g/mol. The standard InChI is InChI=1S/C22H21NO4/c1-2-26-21(24)15-27-18-12-10-16(11-13-18)14-23-22(25)20-9-5-7-17-6-3-4-8-19(17)20/h3-13H,2,14-15H2,1H3,(H,23,25). The molecule has 0 atom stereocenters. The number of fused-ring (bicyclic) bond motifs is 1. The van der Waals surface area contributed by atoms with E-state index < -0.39 is 5.97 Å². The second-order valence-electron chi connectivity index (χ2n) is 5.95. The van der Waals surface area contributed by atoms with Gasteiger partial charge in [-0.3, -0.25) is 4.79 Å². The van der Waals surface area contributed by atoms with Gasteiger partial charge in [0, 0.05) is 12.1 Å². The maximum atomic E-state index is 12.6. The largest absolute Gasteiger partial charge is 0.482 e. The van der Waals surface area contributed by atoms with Crippen LogP contribution in [-0.4, -0.2) is 25.1 Å². The lowest BCUT2D eigenvalue weighted by Crippen LogP contribution is -2.23. The fourth-order valence-electron chi connectivity index (χ4n) is 2.75. The Morgan fingerprint density at radius 3 is 2.44 bits per heavy atom. The van der Waals surface area contributed by atoms with Crippen LogP contribution in [0.4, 0.5) is 0 Å². The van der Waals surface area contributed by atoms with Crippen molar-refractivity contribution in [3.8, 4) is 5.75 Å². The number of nitrogens with one attached hydrogen (secondary N) is 1. The summed E-state index contributed by atoms with van der Waals surface area (Å²) >= 11 is 0. The van der Waals surface area contributed by atoms with Gasteiger partial charge in [-0.1, -0.05) is 48.5 Å². The van der Waals surface area contributed by atoms with E-state index in [-0.39, 0.29) is 12.5 Å². The van der Waals surface area contributed by atoms with Gasteiger partial charge < -0.3 is 14.8 Å². The summed E-state index contributed by atoms with van der Waals surface area (Å²) in [6.07, 6.45) is 0. The van der Waals surface area contributed by atoms with Crippen molar-refractivity contribution in [1.82, 2.24) is 5.32 Å². The van der Waals surface area contributed by atoms with E-state index >= 15 is 0 Å². The molecule has 0 aliphatic heterocycles. The Labute approximate surface area is 157 Å². The maximum Gasteiger partial charge on any atom is 0.344 e. The SMILES string of the molecule is CCOC(=O)COc1ccc(CNC(=O)c2cccc3ccccc23)cc1. The minimum Gasteiger partial charge on any atom is -0.482 e. The minimum absolute atomic E-state index is 0.116. The van der Waals surface area contributed by atoms with Gasteiger partial charge in [0.05, 0.1) is 6.61 Å². The highest BCUT2D eigenvalue weighted by atomic mass is 16.6. The van der Waals surface area contributed by atoms with E-state index in [1.54, 1.807) is 19.1 Å². The van der Waals surface area contributed by atoms with Crippen molar-refractivity contribution in [3.05, 3.63) is 77.9 Å². The van der Waals surface area contributed by atoms with E-state index in [0.717, 1.165) is 16.3 Å². The van der Waals surface area contributed by atoms with Crippen molar-refractivity contribution in [2.75, 3.05) is 13.2 Å². The molecule has 0 aliphatic carbocycles. The van der Waals surface area contributed by atoms with E-state index in [1.807, 2.05) is 54.6 Å². The van der Waals surface area contributed by atoms with Crippen LogP contribution in [0.5, 0.6) is 5.75 Å². The third kappa shape index (κ3) is 4.85. The zero-order valence-electron chi connectivity index (χ0n) is 15.1. The molecule has 0 saturated carbocycles. The number of benzene rings is 3. The quantitative estimate of drug-likeness (QED) is 0.650. The number of rotatable bonds is 7. The molecule has 3 aromatic carbocycles. The topological polar surface area (TPSA) is 64.6 Å². The van der Waals surface area contributed by atoms with Crippen LogP contribution in [0.15, 0.2) is 66.7 Å². The zero-order valence-corrected chi connectivity index (χ0v) is 15.1. The number of hydrogen-bond donors (Lipinski definition) is 1. The Morgan fingerprint density at radius 2 is 1.67 bits per heavy atom. The predicted octanol–water partition coefficient (Wildman–Crippen LogP) is 3.71. The van der Waals surface area contributed by atoms with Crippen LogP contribution in [-0.2, 0) is 16.1 Å². The number of amides is 1. The van der Waals surface area contributed by atoms with Gasteiger partial charge in [-0.15, -0.1) is 0 Å². The number of hydrogen-bond acceptors (Lipinski definition) is 4. The summed E-state index contributed by atoms with van der Waals surface area (Å²) in [7, 11) is 0. The molecule has 3 aromatic rings. The molecule has 0 saturated heterocycles. The number of esters is 1. The molecule has 0 unspecified atom stereocenters. The molecule has 0 spiro atoms. The molecule has 3 rings (SSSR count). The molecule has 0 heterocycles. The summed E-state index contributed by atoms with van der Waals surface area (Å²) in [5.41, 5.74) is 1.59. The Bertz CT molecular complexity index is 929. The molecule has 0 bridgehead atoms. The fraction of sp³-hybridized carbons (Fsp3) is 0.182. The summed E-state index contributed by atoms with van der Waals surface area (Å²) in [4.78, 5) is 23.8. The highest BCUT2D eigenvalue weighted by Gasteiger charge is 2.09. The van der Waals surface area contributed by atoms with Crippen molar-refractivity contribution in [2.24, 2.45) is 0 Å². The Morgan fingerprint density at radius 1 is 0.926 bits per heavy atom. The summed E-state index contributed by atoms with van der Waals surface area (Å²) < 4.78 is 10.2. The molecule has 0 fully saturated rings. The molecule has 1 N–H and O–H groups in total. The average Bonchev–Trinajstić information content (AvgIpc) is 2.71. The first kappa shape index (κ1) is 18.5. The second-order valence-corrected chi connectivity index (χ2v) is 5.95. The van der Waals surface area contributed by atoms with Crippen molar-refractivity contribution < 1.29 is 19.1 Å². The summed E-state index contributed by atoms with van der Waals surface area (Å²) in [6, 6.07) is 20.7. The van der Waals surface area contributed by atoms with E-state index in [0.29, 0.717) is 24.5 Å². The van der Waals surface area contributed by atoms with Crippen LogP contribution >= 0.6 is 0 Å². The van der Waals surface area contributed by atoms with Crippen molar-refractivity contribution in [1.29, 1.82) is 0 Å². The first-order chi connectivity index (χ1) is 13.2. The third-order valence-corrected chi connectivity index (χ3v) is 4.07. The molecule has 5 heteroatoms. The van der Waals surface area contributed by atoms with Gasteiger partial charge in [0.1, 0.15) is 5.75 Å². The Balaban J connectivity index is 1.58. The number of ether oxygens (including phenoxy) is 2. The van der Waals surface area contributed by atoms with E-state index in [1.165, 1.54) is 0 Å². The van der Waals surface area contributed by atoms with E-state index in [4.69, 9.17) is 9.47 Å². The zero-order chi connectivity index (χ0) is 19.1. The van der Waals surface area contributed by atoms with Crippen LogP contribution in [0.2, 0.25) is 0 Å². The number of carbonyl (C=O) groups excluding carboxylic acids is 2. The lowest BCUT2D eigenvalue weighted by molar-refractivity contribution is -0.145. The fourth-order valence-corrected chi connectivity index (χ4v) is 2.75. The Hall–Kier alpha value is -3.34. The molecule has 27 heavy (non-hydrogen) atoms. The van der Waals surface area contributed by atoms with Crippen molar-refractivity contribution in [2.45, 2.75) is 13.5 Å². The first-order valence-corrected chi connectivity index (χ1v) is 8.80. The highest BCUT2D eigenvalue weighted by molar-refractivity contribution is 6.06. The molecule has 5 nitrogen and oxygen atoms in total. The van der Waals surface area contributed by atoms with Gasteiger partial charge >= 0.3 is 5.97 Å². The Kier molecular flexibility index (Phi) is 6.05. The van der Waals surface area contributed by atoms with Crippen molar-refractivity contribution >= 4 is 22.6 Å². The maximum absolute atomic E-state index is 12.6. The summed E-state index contributed by atoms with van der Waals surface area (Å²) in [6.45, 7) is 2.36.